The van der Waals surface area contributed by atoms with Gasteiger partial charge < -0.3 is 14.2 Å². The highest BCUT2D eigenvalue weighted by molar-refractivity contribution is 9.10. The zero-order valence-electron chi connectivity index (χ0n) is 13.5. The fourth-order valence-electron chi connectivity index (χ4n) is 1.86. The highest BCUT2D eigenvalue weighted by Crippen LogP contribution is 2.19. The maximum atomic E-state index is 11.0. The van der Waals surface area contributed by atoms with E-state index in [1.807, 2.05) is 18.2 Å². The summed E-state index contributed by atoms with van der Waals surface area (Å²) in [5.41, 5.74) is 1.49. The van der Waals surface area contributed by atoms with Crippen LogP contribution in [0.2, 0.25) is 0 Å². The summed E-state index contributed by atoms with van der Waals surface area (Å²) in [6.45, 7) is 0.0885. The molecule has 0 aliphatic heterocycles. The smallest absolute Gasteiger partial charge is 0.343 e. The zero-order valence-corrected chi connectivity index (χ0v) is 15.1. The molecule has 25 heavy (non-hydrogen) atoms. The lowest BCUT2D eigenvalue weighted by molar-refractivity contribution is -0.142. The number of halogens is 1. The second kappa shape index (κ2) is 9.42. The Balaban J connectivity index is 1.90. The Kier molecular flexibility index (Phi) is 6.95. The first-order valence-electron chi connectivity index (χ1n) is 7.30. The second-order valence-electron chi connectivity index (χ2n) is 4.73. The van der Waals surface area contributed by atoms with Gasteiger partial charge in [-0.05, 0) is 52.3 Å². The molecule has 0 spiro atoms. The largest absolute Gasteiger partial charge is 0.482 e. The van der Waals surface area contributed by atoms with E-state index < -0.39 is 5.97 Å². The van der Waals surface area contributed by atoms with Gasteiger partial charge in [-0.25, -0.2) is 4.79 Å². The van der Waals surface area contributed by atoms with E-state index in [-0.39, 0.29) is 13.2 Å². The summed E-state index contributed by atoms with van der Waals surface area (Å²) in [5.74, 6) is 9.31. The molecule has 0 unspecified atom stereocenters. The van der Waals surface area contributed by atoms with Crippen LogP contribution in [0.5, 0.6) is 11.5 Å². The Morgan fingerprint density at radius 2 is 1.80 bits per heavy atom. The maximum Gasteiger partial charge on any atom is 0.343 e. The molecule has 0 fully saturated rings. The molecule has 0 atom stereocenters. The summed E-state index contributed by atoms with van der Waals surface area (Å²) >= 11 is 3.40. The van der Waals surface area contributed by atoms with Gasteiger partial charge in [0, 0.05) is 10.0 Å². The van der Waals surface area contributed by atoms with Crippen molar-refractivity contribution in [1.29, 1.82) is 0 Å². The lowest BCUT2D eigenvalue weighted by Crippen LogP contribution is -2.12. The molecule has 0 aliphatic rings. The Bertz CT molecular complexity index is 839. The molecule has 2 aromatic rings. The molecule has 5 heteroatoms. The van der Waals surface area contributed by atoms with Crippen molar-refractivity contribution in [2.45, 2.75) is 0 Å². The van der Waals surface area contributed by atoms with Gasteiger partial charge in [-0.15, -0.1) is 6.42 Å². The highest BCUT2D eigenvalue weighted by Gasteiger charge is 2.02. The summed E-state index contributed by atoms with van der Waals surface area (Å²) in [6.07, 6.45) is 5.49. The number of hydrogen-bond donors (Lipinski definition) is 0. The molecule has 0 radical (unpaired) electrons. The van der Waals surface area contributed by atoms with E-state index in [4.69, 9.17) is 15.9 Å². The van der Waals surface area contributed by atoms with Crippen LogP contribution in [0.4, 0.5) is 0 Å². The fourth-order valence-corrected chi connectivity index (χ4v) is 2.34. The monoisotopic (exact) mass is 398 g/mol. The van der Waals surface area contributed by atoms with Crippen LogP contribution in [0.25, 0.3) is 0 Å². The van der Waals surface area contributed by atoms with Crippen molar-refractivity contribution in [2.75, 3.05) is 20.3 Å². The standard InChI is InChI=1S/C20H15BrO4/c1-3-18-15(6-4-8-19(18)21)7-5-13-24-16-9-11-17(12-10-16)25-14-20(22)23-2/h1,4,6,8-12H,13-14H2,2H3. The first kappa shape index (κ1) is 18.4. The number of ether oxygens (including phenoxy) is 3. The van der Waals surface area contributed by atoms with Crippen molar-refractivity contribution in [2.24, 2.45) is 0 Å². The van der Waals surface area contributed by atoms with Gasteiger partial charge in [0.05, 0.1) is 12.7 Å². The van der Waals surface area contributed by atoms with Crippen LogP contribution in [0, 0.1) is 24.2 Å². The van der Waals surface area contributed by atoms with Gasteiger partial charge in [0.15, 0.2) is 6.61 Å². The van der Waals surface area contributed by atoms with Crippen molar-refractivity contribution in [3.05, 3.63) is 58.1 Å². The predicted octanol–water partition coefficient (Wildman–Crippen LogP) is 3.41. The molecule has 0 aliphatic carbocycles. The molecule has 0 heterocycles. The molecule has 2 aromatic carbocycles. The number of terminal acetylenes is 1. The minimum absolute atomic E-state index is 0.133. The molecule has 2 rings (SSSR count). The summed E-state index contributed by atoms with van der Waals surface area (Å²) in [5, 5.41) is 0. The number of carbonyl (C=O) groups excluding carboxylic acids is 1. The molecule has 0 bridgehead atoms. The summed E-state index contributed by atoms with van der Waals surface area (Å²) in [4.78, 5) is 11.0. The van der Waals surface area contributed by atoms with Gasteiger partial charge in [-0.1, -0.05) is 23.8 Å². The maximum absolute atomic E-state index is 11.0. The van der Waals surface area contributed by atoms with Gasteiger partial charge >= 0.3 is 5.97 Å². The van der Waals surface area contributed by atoms with E-state index in [1.165, 1.54) is 7.11 Å². The van der Waals surface area contributed by atoms with Crippen molar-refractivity contribution < 1.29 is 19.0 Å². The van der Waals surface area contributed by atoms with Crippen LogP contribution in [-0.2, 0) is 9.53 Å². The predicted molar refractivity (Wildman–Crippen MR) is 98.4 cm³/mol. The molecule has 0 amide bonds. The summed E-state index contributed by atoms with van der Waals surface area (Å²) in [7, 11) is 1.31. The van der Waals surface area contributed by atoms with Gasteiger partial charge in [0.2, 0.25) is 0 Å². The van der Waals surface area contributed by atoms with Crippen LogP contribution in [0.3, 0.4) is 0 Å². The van der Waals surface area contributed by atoms with Crippen LogP contribution in [0.1, 0.15) is 11.1 Å². The highest BCUT2D eigenvalue weighted by atomic mass is 79.9. The quantitative estimate of drug-likeness (QED) is 0.571. The SMILES string of the molecule is C#Cc1c(Br)cccc1C#CCOc1ccc(OCC(=O)OC)cc1. The van der Waals surface area contributed by atoms with E-state index in [2.05, 4.69) is 38.4 Å². The Morgan fingerprint density at radius 3 is 2.44 bits per heavy atom. The molecule has 0 aromatic heterocycles. The van der Waals surface area contributed by atoms with Crippen LogP contribution >= 0.6 is 15.9 Å². The van der Waals surface area contributed by atoms with Crippen molar-refractivity contribution in [3.8, 4) is 35.7 Å². The number of carbonyl (C=O) groups is 1. The van der Waals surface area contributed by atoms with Crippen molar-refractivity contribution in [3.63, 3.8) is 0 Å². The third-order valence-electron chi connectivity index (χ3n) is 3.10. The minimum Gasteiger partial charge on any atom is -0.482 e. The number of rotatable bonds is 5. The number of esters is 1. The lowest BCUT2D eigenvalue weighted by Gasteiger charge is -2.06. The van der Waals surface area contributed by atoms with Gasteiger partial charge in [-0.2, -0.15) is 0 Å². The third kappa shape index (κ3) is 5.60. The van der Waals surface area contributed by atoms with Crippen LogP contribution < -0.4 is 9.47 Å². The molecule has 0 saturated carbocycles. The van der Waals surface area contributed by atoms with Gasteiger partial charge in [0.25, 0.3) is 0 Å². The average Bonchev–Trinajstić information content (AvgIpc) is 2.64. The average molecular weight is 399 g/mol. The van der Waals surface area contributed by atoms with E-state index >= 15 is 0 Å². The summed E-state index contributed by atoms with van der Waals surface area (Å²) in [6, 6.07) is 12.5. The molecule has 0 saturated heterocycles. The normalized spacial score (nSPS) is 9.32. The first-order valence-corrected chi connectivity index (χ1v) is 8.10. The minimum atomic E-state index is -0.436. The van der Waals surface area contributed by atoms with Gasteiger partial charge in [-0.3, -0.25) is 0 Å². The van der Waals surface area contributed by atoms with E-state index in [0.717, 1.165) is 15.6 Å². The van der Waals surface area contributed by atoms with Crippen LogP contribution in [-0.4, -0.2) is 26.3 Å². The molecular weight excluding hydrogens is 384 g/mol. The molecule has 4 nitrogen and oxygen atoms in total. The summed E-state index contributed by atoms with van der Waals surface area (Å²) < 4.78 is 16.1. The second-order valence-corrected chi connectivity index (χ2v) is 5.59. The van der Waals surface area contributed by atoms with E-state index in [9.17, 15) is 4.79 Å². The first-order chi connectivity index (χ1) is 12.1. The van der Waals surface area contributed by atoms with Crippen LogP contribution in [0.15, 0.2) is 46.9 Å². The Morgan fingerprint density at radius 1 is 1.12 bits per heavy atom. The zero-order chi connectivity index (χ0) is 18.1. The Labute approximate surface area is 155 Å². The number of hydrogen-bond acceptors (Lipinski definition) is 4. The van der Waals surface area contributed by atoms with E-state index in [1.54, 1.807) is 24.3 Å². The molecule has 0 N–H and O–H groups in total. The molecule has 126 valence electrons. The Hall–Kier alpha value is -2.89. The third-order valence-corrected chi connectivity index (χ3v) is 3.76. The van der Waals surface area contributed by atoms with Gasteiger partial charge in [0.1, 0.15) is 18.1 Å². The molecular formula is C20H15BrO4. The number of benzene rings is 2. The number of methoxy groups -OCH3 is 1. The van der Waals surface area contributed by atoms with Crippen molar-refractivity contribution in [1.82, 2.24) is 0 Å². The van der Waals surface area contributed by atoms with E-state index in [0.29, 0.717) is 11.5 Å². The fraction of sp³-hybridized carbons (Fsp3) is 0.150. The lowest BCUT2D eigenvalue weighted by atomic mass is 10.1. The van der Waals surface area contributed by atoms with Crippen molar-refractivity contribution >= 4 is 21.9 Å². The topological polar surface area (TPSA) is 44.8 Å².